The van der Waals surface area contributed by atoms with Gasteiger partial charge < -0.3 is 10.1 Å². The van der Waals surface area contributed by atoms with Gasteiger partial charge in [-0.1, -0.05) is 11.6 Å². The van der Waals surface area contributed by atoms with Gasteiger partial charge in [0.15, 0.2) is 0 Å². The van der Waals surface area contributed by atoms with Crippen molar-refractivity contribution >= 4 is 39.2 Å². The lowest BCUT2D eigenvalue weighted by atomic mass is 10.2. The molecular formula is C11H12BrClFNO2. The van der Waals surface area contributed by atoms with Crippen molar-refractivity contribution in [2.75, 3.05) is 11.9 Å². The summed E-state index contributed by atoms with van der Waals surface area (Å²) < 4.78 is 18.3. The van der Waals surface area contributed by atoms with Gasteiger partial charge in [-0.15, -0.1) is 0 Å². The molecule has 0 aliphatic rings. The summed E-state index contributed by atoms with van der Waals surface area (Å²) in [5, 5.41) is 3.07. The van der Waals surface area contributed by atoms with Crippen LogP contribution in [0.1, 0.15) is 13.8 Å². The van der Waals surface area contributed by atoms with Gasteiger partial charge in [-0.05, 0) is 41.9 Å². The number of carbonyl (C=O) groups is 1. The van der Waals surface area contributed by atoms with E-state index in [1.54, 1.807) is 13.8 Å². The molecule has 1 atom stereocenters. The molecule has 6 heteroatoms. The monoisotopic (exact) mass is 323 g/mol. The number of anilines is 1. The van der Waals surface area contributed by atoms with E-state index >= 15 is 0 Å². The summed E-state index contributed by atoms with van der Waals surface area (Å²) in [7, 11) is 0. The van der Waals surface area contributed by atoms with Crippen LogP contribution < -0.4 is 5.32 Å². The maximum absolute atomic E-state index is 13.0. The van der Waals surface area contributed by atoms with E-state index in [1.807, 2.05) is 0 Å². The summed E-state index contributed by atoms with van der Waals surface area (Å²) in [6.45, 7) is 3.68. The van der Waals surface area contributed by atoms with Gasteiger partial charge >= 0.3 is 5.97 Å². The molecular weight excluding hydrogens is 312 g/mol. The lowest BCUT2D eigenvalue weighted by molar-refractivity contribution is -0.143. The molecule has 0 aromatic heterocycles. The van der Waals surface area contributed by atoms with Crippen molar-refractivity contribution in [3.63, 3.8) is 0 Å². The van der Waals surface area contributed by atoms with Crippen molar-refractivity contribution in [3.05, 3.63) is 27.4 Å². The minimum atomic E-state index is -0.561. The maximum Gasteiger partial charge on any atom is 0.328 e. The first-order valence-corrected chi connectivity index (χ1v) is 6.20. The van der Waals surface area contributed by atoms with E-state index in [2.05, 4.69) is 21.2 Å². The predicted molar refractivity (Wildman–Crippen MR) is 68.8 cm³/mol. The van der Waals surface area contributed by atoms with E-state index < -0.39 is 11.9 Å². The van der Waals surface area contributed by atoms with Crippen molar-refractivity contribution in [1.82, 2.24) is 0 Å². The first kappa shape index (κ1) is 14.3. The summed E-state index contributed by atoms with van der Waals surface area (Å²) in [5.41, 5.74) is 0.466. The van der Waals surface area contributed by atoms with Crippen molar-refractivity contribution in [3.8, 4) is 0 Å². The van der Waals surface area contributed by atoms with Gasteiger partial charge in [0, 0.05) is 4.47 Å². The fourth-order valence-electron chi connectivity index (χ4n) is 1.22. The molecule has 0 saturated carbocycles. The number of nitrogens with one attached hydrogen (secondary N) is 1. The van der Waals surface area contributed by atoms with Gasteiger partial charge in [0.1, 0.15) is 11.9 Å². The smallest absolute Gasteiger partial charge is 0.328 e. The lowest BCUT2D eigenvalue weighted by Crippen LogP contribution is -2.28. The second-order valence-corrected chi connectivity index (χ2v) is 4.62. The highest BCUT2D eigenvalue weighted by Crippen LogP contribution is 2.32. The van der Waals surface area contributed by atoms with Crippen LogP contribution >= 0.6 is 27.5 Å². The number of hydrogen-bond donors (Lipinski definition) is 1. The Morgan fingerprint density at radius 2 is 2.29 bits per heavy atom. The number of carbonyl (C=O) groups excluding carboxylic acids is 1. The zero-order valence-corrected chi connectivity index (χ0v) is 11.7. The van der Waals surface area contributed by atoms with E-state index in [4.69, 9.17) is 16.3 Å². The molecule has 1 unspecified atom stereocenters. The largest absolute Gasteiger partial charge is 0.464 e. The minimum Gasteiger partial charge on any atom is -0.464 e. The van der Waals surface area contributed by atoms with Gasteiger partial charge in [0.25, 0.3) is 0 Å². The molecule has 0 spiro atoms. The molecule has 1 aromatic carbocycles. The molecule has 94 valence electrons. The Bertz CT molecular complexity index is 405. The van der Waals surface area contributed by atoms with Crippen LogP contribution in [0.2, 0.25) is 5.02 Å². The quantitative estimate of drug-likeness (QED) is 0.860. The Labute approximate surface area is 112 Å². The molecule has 1 aromatic rings. The molecule has 1 rings (SSSR count). The van der Waals surface area contributed by atoms with Crippen molar-refractivity contribution in [2.24, 2.45) is 0 Å². The Balaban J connectivity index is 2.85. The molecule has 0 bridgehead atoms. The summed E-state index contributed by atoms with van der Waals surface area (Å²) >= 11 is 9.05. The molecule has 0 aliphatic carbocycles. The fraction of sp³-hybridized carbons (Fsp3) is 0.364. The molecule has 0 fully saturated rings. The lowest BCUT2D eigenvalue weighted by Gasteiger charge is -2.16. The second-order valence-electron chi connectivity index (χ2n) is 3.36. The van der Waals surface area contributed by atoms with Crippen LogP contribution in [0.15, 0.2) is 16.6 Å². The highest BCUT2D eigenvalue weighted by Gasteiger charge is 2.17. The van der Waals surface area contributed by atoms with Gasteiger partial charge in [-0.25, -0.2) is 9.18 Å². The zero-order chi connectivity index (χ0) is 13.0. The number of hydrogen-bond acceptors (Lipinski definition) is 3. The number of ether oxygens (including phenoxy) is 1. The van der Waals surface area contributed by atoms with Gasteiger partial charge in [0.05, 0.1) is 17.3 Å². The third-order valence-electron chi connectivity index (χ3n) is 2.01. The summed E-state index contributed by atoms with van der Waals surface area (Å²) in [6, 6.07) is 1.88. The molecule has 0 heterocycles. The molecule has 1 N–H and O–H groups in total. The standard InChI is InChI=1S/C11H12BrClFNO2/c1-3-17-11(16)6(2)15-10-8(12)4-7(14)5-9(10)13/h4-6,15H,3H2,1-2H3. The highest BCUT2D eigenvalue weighted by molar-refractivity contribution is 9.10. The van der Waals surface area contributed by atoms with Crippen LogP contribution in [-0.2, 0) is 9.53 Å². The number of esters is 1. The van der Waals surface area contributed by atoms with Gasteiger partial charge in [-0.3, -0.25) is 0 Å². The minimum absolute atomic E-state index is 0.202. The Morgan fingerprint density at radius 3 is 2.82 bits per heavy atom. The summed E-state index contributed by atoms with van der Waals surface area (Å²) in [5.74, 6) is -0.837. The number of benzene rings is 1. The average molecular weight is 325 g/mol. The van der Waals surface area contributed by atoms with Crippen LogP contribution in [0.5, 0.6) is 0 Å². The van der Waals surface area contributed by atoms with Gasteiger partial charge in [-0.2, -0.15) is 0 Å². The van der Waals surface area contributed by atoms with Crippen molar-refractivity contribution in [2.45, 2.75) is 19.9 Å². The van der Waals surface area contributed by atoms with Crippen molar-refractivity contribution < 1.29 is 13.9 Å². The molecule has 17 heavy (non-hydrogen) atoms. The summed E-state index contributed by atoms with van der Waals surface area (Å²) in [6.07, 6.45) is 0. The van der Waals surface area contributed by atoms with Gasteiger partial charge in [0.2, 0.25) is 0 Å². The maximum atomic E-state index is 13.0. The first-order valence-electron chi connectivity index (χ1n) is 5.03. The van der Waals surface area contributed by atoms with Crippen molar-refractivity contribution in [1.29, 1.82) is 0 Å². The normalized spacial score (nSPS) is 12.1. The van der Waals surface area contributed by atoms with E-state index in [1.165, 1.54) is 12.1 Å². The third-order valence-corrected chi connectivity index (χ3v) is 2.93. The van der Waals surface area contributed by atoms with E-state index in [0.29, 0.717) is 16.8 Å². The first-order chi connectivity index (χ1) is 7.95. The van der Waals surface area contributed by atoms with Crippen LogP contribution in [0, 0.1) is 5.82 Å². The van der Waals surface area contributed by atoms with Crippen LogP contribution in [-0.4, -0.2) is 18.6 Å². The molecule has 3 nitrogen and oxygen atoms in total. The van der Waals surface area contributed by atoms with E-state index in [0.717, 1.165) is 0 Å². The highest BCUT2D eigenvalue weighted by atomic mass is 79.9. The Morgan fingerprint density at radius 1 is 1.65 bits per heavy atom. The molecule has 0 amide bonds. The SMILES string of the molecule is CCOC(=O)C(C)Nc1c(Cl)cc(F)cc1Br. The molecule has 0 aliphatic heterocycles. The molecule has 0 radical (unpaired) electrons. The van der Waals surface area contributed by atoms with E-state index in [-0.39, 0.29) is 11.0 Å². The zero-order valence-electron chi connectivity index (χ0n) is 9.39. The third kappa shape index (κ3) is 3.85. The topological polar surface area (TPSA) is 38.3 Å². The fourth-order valence-corrected chi connectivity index (χ4v) is 2.14. The van der Waals surface area contributed by atoms with Crippen LogP contribution in [0.4, 0.5) is 10.1 Å². The summed E-state index contributed by atoms with van der Waals surface area (Å²) in [4.78, 5) is 11.4. The average Bonchev–Trinajstić information content (AvgIpc) is 2.23. The Hall–Kier alpha value is -0.810. The predicted octanol–water partition coefficient (Wildman–Crippen LogP) is 3.61. The number of halogens is 3. The number of rotatable bonds is 4. The second kappa shape index (κ2) is 6.21. The molecule has 0 saturated heterocycles. The van der Waals surface area contributed by atoms with Crippen LogP contribution in [0.3, 0.4) is 0 Å². The Kier molecular flexibility index (Phi) is 5.21. The van der Waals surface area contributed by atoms with Crippen LogP contribution in [0.25, 0.3) is 0 Å². The van der Waals surface area contributed by atoms with E-state index in [9.17, 15) is 9.18 Å².